The zero-order valence-electron chi connectivity index (χ0n) is 8.85. The molecule has 3 heteroatoms. The van der Waals surface area contributed by atoms with Gasteiger partial charge in [0, 0.05) is 0 Å². The molecule has 0 amide bonds. The summed E-state index contributed by atoms with van der Waals surface area (Å²) in [6.07, 6.45) is 0.516. The highest BCUT2D eigenvalue weighted by molar-refractivity contribution is 5.56. The van der Waals surface area contributed by atoms with Crippen molar-refractivity contribution in [3.8, 4) is 0 Å². The number of carboxylic acid groups (broad SMARTS) is 1. The first-order chi connectivity index (χ1) is 7.20. The van der Waals surface area contributed by atoms with Crippen molar-refractivity contribution in [2.45, 2.75) is 25.7 Å². The van der Waals surface area contributed by atoms with Crippen LogP contribution < -0.4 is 0 Å². The Labute approximate surface area is 89.7 Å². The average Bonchev–Trinajstić information content (AvgIpc) is 2.25. The van der Waals surface area contributed by atoms with Gasteiger partial charge in [0.05, 0.1) is 6.61 Å². The van der Waals surface area contributed by atoms with E-state index in [1.165, 1.54) is 5.56 Å². The van der Waals surface area contributed by atoms with E-state index in [4.69, 9.17) is 5.11 Å². The van der Waals surface area contributed by atoms with E-state index in [0.29, 0.717) is 5.92 Å². The average molecular weight is 208 g/mol. The summed E-state index contributed by atoms with van der Waals surface area (Å²) in [4.78, 5) is 10.1. The molecule has 1 N–H and O–H groups in total. The molecule has 0 radical (unpaired) electrons. The van der Waals surface area contributed by atoms with Crippen molar-refractivity contribution in [1.29, 1.82) is 0 Å². The molecule has 0 saturated heterocycles. The third kappa shape index (κ3) is 4.49. The molecular weight excluding hydrogens is 192 g/mol. The normalized spacial score (nSPS) is 12.1. The molecule has 0 heterocycles. The van der Waals surface area contributed by atoms with Gasteiger partial charge in [0.15, 0.2) is 0 Å². The summed E-state index contributed by atoms with van der Waals surface area (Å²) in [7, 11) is 0. The smallest absolute Gasteiger partial charge is 0.450 e. The lowest BCUT2D eigenvalue weighted by molar-refractivity contribution is 0.0897. The molecule has 0 bridgehead atoms. The van der Waals surface area contributed by atoms with E-state index in [9.17, 15) is 4.79 Å². The van der Waals surface area contributed by atoms with Gasteiger partial charge in [-0.05, 0) is 24.3 Å². The third-order valence-electron chi connectivity index (χ3n) is 2.38. The third-order valence-corrected chi connectivity index (χ3v) is 2.38. The molecule has 1 aromatic carbocycles. The van der Waals surface area contributed by atoms with Crippen molar-refractivity contribution >= 4 is 6.16 Å². The second-order valence-electron chi connectivity index (χ2n) is 3.57. The first kappa shape index (κ1) is 11.6. The number of hydrogen-bond donors (Lipinski definition) is 1. The minimum atomic E-state index is -1.19. The van der Waals surface area contributed by atoms with Crippen LogP contribution in [0, 0.1) is 0 Å². The molecule has 1 unspecified atom stereocenters. The van der Waals surface area contributed by atoms with Gasteiger partial charge in [-0.3, -0.25) is 0 Å². The number of rotatable bonds is 5. The molecule has 0 spiro atoms. The van der Waals surface area contributed by atoms with Crippen LogP contribution in [0.15, 0.2) is 30.3 Å². The molecule has 0 fully saturated rings. The summed E-state index contributed by atoms with van der Waals surface area (Å²) >= 11 is 0. The predicted octanol–water partition coefficient (Wildman–Crippen LogP) is 3.26. The lowest BCUT2D eigenvalue weighted by Gasteiger charge is -2.10. The van der Waals surface area contributed by atoms with E-state index in [-0.39, 0.29) is 6.61 Å². The molecule has 15 heavy (non-hydrogen) atoms. The standard InChI is InChI=1S/C12H16O3/c1-10(6-5-9-15-12(13)14)11-7-3-2-4-8-11/h2-4,7-8,10H,5-6,9H2,1H3,(H,13,14). The molecule has 1 rings (SSSR count). The summed E-state index contributed by atoms with van der Waals surface area (Å²) in [6, 6.07) is 10.2. The Kier molecular flexibility index (Phi) is 4.68. The highest BCUT2D eigenvalue weighted by Gasteiger charge is 2.04. The monoisotopic (exact) mass is 208 g/mol. The Morgan fingerprint density at radius 1 is 1.40 bits per heavy atom. The quantitative estimate of drug-likeness (QED) is 0.596. The molecule has 82 valence electrons. The van der Waals surface area contributed by atoms with Crippen LogP contribution in [0.25, 0.3) is 0 Å². The number of carbonyl (C=O) groups is 1. The highest BCUT2D eigenvalue weighted by Crippen LogP contribution is 2.19. The van der Waals surface area contributed by atoms with Gasteiger partial charge >= 0.3 is 6.16 Å². The lowest BCUT2D eigenvalue weighted by Crippen LogP contribution is -2.03. The predicted molar refractivity (Wildman–Crippen MR) is 58.1 cm³/mol. The molecule has 3 nitrogen and oxygen atoms in total. The topological polar surface area (TPSA) is 46.5 Å². The van der Waals surface area contributed by atoms with E-state index in [1.807, 2.05) is 18.2 Å². The molecule has 0 aliphatic carbocycles. The lowest BCUT2D eigenvalue weighted by atomic mass is 9.97. The highest BCUT2D eigenvalue weighted by atomic mass is 16.7. The van der Waals surface area contributed by atoms with Gasteiger partial charge in [0.2, 0.25) is 0 Å². The second kappa shape index (κ2) is 6.06. The first-order valence-electron chi connectivity index (χ1n) is 5.11. The summed E-state index contributed by atoms with van der Waals surface area (Å²) in [6.45, 7) is 2.42. The number of benzene rings is 1. The van der Waals surface area contributed by atoms with Crippen molar-refractivity contribution in [1.82, 2.24) is 0 Å². The van der Waals surface area contributed by atoms with Crippen molar-refractivity contribution in [3.05, 3.63) is 35.9 Å². The van der Waals surface area contributed by atoms with Crippen molar-refractivity contribution < 1.29 is 14.6 Å². The maximum Gasteiger partial charge on any atom is 0.505 e. The molecule has 0 aliphatic rings. The largest absolute Gasteiger partial charge is 0.505 e. The summed E-state index contributed by atoms with van der Waals surface area (Å²) in [5, 5.41) is 8.27. The number of ether oxygens (including phenoxy) is 1. The number of hydrogen-bond acceptors (Lipinski definition) is 2. The van der Waals surface area contributed by atoms with Crippen molar-refractivity contribution in [2.24, 2.45) is 0 Å². The van der Waals surface area contributed by atoms with Crippen LogP contribution in [-0.2, 0) is 4.74 Å². The van der Waals surface area contributed by atoms with Crippen LogP contribution in [0.2, 0.25) is 0 Å². The fourth-order valence-electron chi connectivity index (χ4n) is 1.50. The maximum atomic E-state index is 10.1. The Balaban J connectivity index is 2.25. The van der Waals surface area contributed by atoms with E-state index < -0.39 is 6.16 Å². The SMILES string of the molecule is CC(CCCOC(=O)O)c1ccccc1. The van der Waals surface area contributed by atoms with E-state index >= 15 is 0 Å². The molecule has 1 atom stereocenters. The zero-order chi connectivity index (χ0) is 11.1. The Hall–Kier alpha value is -1.51. The fraction of sp³-hybridized carbons (Fsp3) is 0.417. The van der Waals surface area contributed by atoms with Crippen LogP contribution in [0.4, 0.5) is 4.79 Å². The van der Waals surface area contributed by atoms with Gasteiger partial charge < -0.3 is 9.84 Å². The van der Waals surface area contributed by atoms with Crippen LogP contribution in [-0.4, -0.2) is 17.9 Å². The first-order valence-corrected chi connectivity index (χ1v) is 5.11. The van der Waals surface area contributed by atoms with Crippen LogP contribution in [0.3, 0.4) is 0 Å². The molecule has 0 saturated carbocycles. The van der Waals surface area contributed by atoms with Gasteiger partial charge in [-0.2, -0.15) is 0 Å². The minimum Gasteiger partial charge on any atom is -0.450 e. The van der Waals surface area contributed by atoms with E-state index in [0.717, 1.165) is 12.8 Å². The Bertz CT molecular complexity index is 295. The Morgan fingerprint density at radius 2 is 2.07 bits per heavy atom. The molecule has 1 aromatic rings. The summed E-state index contributed by atoms with van der Waals surface area (Å²) < 4.78 is 4.44. The van der Waals surface area contributed by atoms with Gasteiger partial charge in [0.1, 0.15) is 0 Å². The molecule has 0 aromatic heterocycles. The summed E-state index contributed by atoms with van der Waals surface area (Å²) in [5.74, 6) is 0.448. The molecular formula is C12H16O3. The summed E-state index contributed by atoms with van der Waals surface area (Å²) in [5.41, 5.74) is 1.29. The van der Waals surface area contributed by atoms with Gasteiger partial charge in [-0.1, -0.05) is 37.3 Å². The Morgan fingerprint density at radius 3 is 2.67 bits per heavy atom. The maximum absolute atomic E-state index is 10.1. The van der Waals surface area contributed by atoms with E-state index in [2.05, 4.69) is 23.8 Å². The molecule has 0 aliphatic heterocycles. The zero-order valence-corrected chi connectivity index (χ0v) is 8.85. The second-order valence-corrected chi connectivity index (χ2v) is 3.57. The van der Waals surface area contributed by atoms with Crippen molar-refractivity contribution in [3.63, 3.8) is 0 Å². The van der Waals surface area contributed by atoms with E-state index in [1.54, 1.807) is 0 Å². The van der Waals surface area contributed by atoms with Gasteiger partial charge in [0.25, 0.3) is 0 Å². The minimum absolute atomic E-state index is 0.284. The van der Waals surface area contributed by atoms with Gasteiger partial charge in [-0.15, -0.1) is 0 Å². The fourth-order valence-corrected chi connectivity index (χ4v) is 1.50. The van der Waals surface area contributed by atoms with Crippen LogP contribution >= 0.6 is 0 Å². The van der Waals surface area contributed by atoms with Crippen LogP contribution in [0.5, 0.6) is 0 Å². The van der Waals surface area contributed by atoms with Crippen molar-refractivity contribution in [2.75, 3.05) is 6.61 Å². The van der Waals surface area contributed by atoms with Crippen LogP contribution in [0.1, 0.15) is 31.2 Å². The van der Waals surface area contributed by atoms with Gasteiger partial charge in [-0.25, -0.2) is 4.79 Å².